The third kappa shape index (κ3) is 11.5. The van der Waals surface area contributed by atoms with Crippen LogP contribution < -0.4 is 0 Å². The van der Waals surface area contributed by atoms with E-state index in [1.165, 1.54) is 70.6 Å². The molecule has 0 heterocycles. The molecule has 2 unspecified atom stereocenters. The van der Waals surface area contributed by atoms with Crippen LogP contribution in [0.4, 0.5) is 0 Å². The predicted octanol–water partition coefficient (Wildman–Crippen LogP) is 11.4. The minimum absolute atomic E-state index is 0.603. The van der Waals surface area contributed by atoms with E-state index < -0.39 is 0 Å². The summed E-state index contributed by atoms with van der Waals surface area (Å²) in [5.74, 6) is 7.70. The summed E-state index contributed by atoms with van der Waals surface area (Å²) in [6.45, 7) is 28.7. The van der Waals surface area contributed by atoms with Crippen LogP contribution in [0.5, 0.6) is 0 Å². The molecule has 0 N–H and O–H groups in total. The molecule has 0 amide bonds. The SMILES string of the molecule is CC(C)C1CCC(C)(C)C(C)C1.CC(C)C1CCC(C)(C)CC1.CC1CCC(C(C)C)CC1. The van der Waals surface area contributed by atoms with Crippen molar-refractivity contribution < 1.29 is 0 Å². The standard InChI is InChI=1S/C12H24.C11H22.C10H20/c1-9(2)11-6-7-12(4,5)10(3)8-11;1-9(2)10-5-7-11(3,4)8-6-10;1-8(2)10-6-4-9(3)5-7-10/h9-11H,6-8H2,1-5H3;9-10H,5-8H2,1-4H3;8-10H,4-7H2,1-3H3. The molecule has 0 aromatic carbocycles. The molecule has 0 nitrogen and oxygen atoms in total. The lowest BCUT2D eigenvalue weighted by Crippen LogP contribution is -2.31. The maximum atomic E-state index is 2.43. The first-order valence-corrected chi connectivity index (χ1v) is 15.1. The Balaban J connectivity index is 0.000000249. The van der Waals surface area contributed by atoms with E-state index in [4.69, 9.17) is 0 Å². The van der Waals surface area contributed by atoms with Gasteiger partial charge in [-0.05, 0) is 116 Å². The van der Waals surface area contributed by atoms with Crippen LogP contribution in [0.1, 0.15) is 154 Å². The number of hydrogen-bond acceptors (Lipinski definition) is 0. The molecule has 3 aliphatic carbocycles. The smallest absolute Gasteiger partial charge is 0.0328 e. The summed E-state index contributed by atoms with van der Waals surface area (Å²) in [6.07, 6.45) is 16.1. The minimum Gasteiger partial charge on any atom is -0.0625 e. The molecule has 3 fully saturated rings. The van der Waals surface area contributed by atoms with Gasteiger partial charge in [0.2, 0.25) is 0 Å². The van der Waals surface area contributed by atoms with Gasteiger partial charge in [-0.2, -0.15) is 0 Å². The van der Waals surface area contributed by atoms with E-state index in [-0.39, 0.29) is 0 Å². The van der Waals surface area contributed by atoms with Crippen LogP contribution in [-0.2, 0) is 0 Å². The van der Waals surface area contributed by atoms with Gasteiger partial charge in [0.15, 0.2) is 0 Å². The van der Waals surface area contributed by atoms with Gasteiger partial charge in [-0.25, -0.2) is 0 Å². The molecule has 0 aromatic heterocycles. The van der Waals surface area contributed by atoms with Gasteiger partial charge in [0.25, 0.3) is 0 Å². The fourth-order valence-electron chi connectivity index (χ4n) is 6.34. The Labute approximate surface area is 211 Å². The molecule has 0 spiro atoms. The molecule has 33 heavy (non-hydrogen) atoms. The molecule has 3 rings (SSSR count). The first-order valence-electron chi connectivity index (χ1n) is 15.1. The topological polar surface area (TPSA) is 0 Å². The number of rotatable bonds is 3. The zero-order valence-electron chi connectivity index (χ0n) is 25.4. The molecule has 0 bridgehead atoms. The first-order chi connectivity index (χ1) is 15.1. The third-order valence-corrected chi connectivity index (χ3v) is 10.4. The van der Waals surface area contributed by atoms with Crippen molar-refractivity contribution in [2.24, 2.45) is 58.2 Å². The average molecular weight is 463 g/mol. The summed E-state index contributed by atoms with van der Waals surface area (Å²) < 4.78 is 0. The lowest BCUT2D eigenvalue weighted by Gasteiger charge is -2.41. The Kier molecular flexibility index (Phi) is 13.1. The molecule has 0 heteroatoms. The van der Waals surface area contributed by atoms with E-state index in [0.717, 1.165) is 47.3 Å². The van der Waals surface area contributed by atoms with Crippen LogP contribution in [0.15, 0.2) is 0 Å². The van der Waals surface area contributed by atoms with E-state index in [9.17, 15) is 0 Å². The molecule has 3 aliphatic rings. The summed E-state index contributed by atoms with van der Waals surface area (Å²) in [7, 11) is 0. The van der Waals surface area contributed by atoms with E-state index in [1.807, 2.05) is 0 Å². The summed E-state index contributed by atoms with van der Waals surface area (Å²) in [5.41, 5.74) is 1.25. The van der Waals surface area contributed by atoms with Gasteiger partial charge in [0, 0.05) is 0 Å². The van der Waals surface area contributed by atoms with Crippen LogP contribution in [0, 0.1) is 58.2 Å². The Hall–Kier alpha value is 0. The zero-order chi connectivity index (χ0) is 25.4. The van der Waals surface area contributed by atoms with Gasteiger partial charge in [0.1, 0.15) is 0 Å². The molecular formula is C33H66. The van der Waals surface area contributed by atoms with Gasteiger partial charge in [-0.15, -0.1) is 0 Å². The Morgan fingerprint density at radius 1 is 0.515 bits per heavy atom. The molecule has 2 atom stereocenters. The van der Waals surface area contributed by atoms with Crippen molar-refractivity contribution in [1.29, 1.82) is 0 Å². The second-order valence-corrected chi connectivity index (χ2v) is 15.2. The van der Waals surface area contributed by atoms with Crippen LogP contribution in [0.25, 0.3) is 0 Å². The Morgan fingerprint density at radius 3 is 1.30 bits per heavy atom. The van der Waals surface area contributed by atoms with Gasteiger partial charge in [0.05, 0.1) is 0 Å². The monoisotopic (exact) mass is 463 g/mol. The summed E-state index contributed by atoms with van der Waals surface area (Å²) >= 11 is 0. The Morgan fingerprint density at radius 2 is 0.909 bits per heavy atom. The van der Waals surface area contributed by atoms with Crippen molar-refractivity contribution in [1.82, 2.24) is 0 Å². The fourth-order valence-corrected chi connectivity index (χ4v) is 6.34. The molecule has 0 aliphatic heterocycles. The van der Waals surface area contributed by atoms with E-state index >= 15 is 0 Å². The molecule has 198 valence electrons. The maximum absolute atomic E-state index is 2.43. The molecule has 0 saturated heterocycles. The van der Waals surface area contributed by atoms with Crippen molar-refractivity contribution in [3.63, 3.8) is 0 Å². The van der Waals surface area contributed by atoms with E-state index in [1.54, 1.807) is 0 Å². The largest absolute Gasteiger partial charge is 0.0625 e. The Bertz CT molecular complexity index is 490. The normalized spacial score (nSPS) is 32.1. The highest BCUT2D eigenvalue weighted by Crippen LogP contribution is 2.44. The average Bonchev–Trinajstić information content (AvgIpc) is 2.71. The van der Waals surface area contributed by atoms with Crippen molar-refractivity contribution in [3.8, 4) is 0 Å². The predicted molar refractivity (Wildman–Crippen MR) is 152 cm³/mol. The maximum Gasteiger partial charge on any atom is -0.0328 e. The second kappa shape index (κ2) is 13.9. The summed E-state index contributed by atoms with van der Waals surface area (Å²) in [4.78, 5) is 0. The molecule has 0 aromatic rings. The van der Waals surface area contributed by atoms with E-state index in [0.29, 0.717) is 10.8 Å². The van der Waals surface area contributed by atoms with Crippen molar-refractivity contribution in [2.45, 2.75) is 154 Å². The van der Waals surface area contributed by atoms with Gasteiger partial charge >= 0.3 is 0 Å². The second-order valence-electron chi connectivity index (χ2n) is 15.2. The highest BCUT2D eigenvalue weighted by Gasteiger charge is 2.34. The van der Waals surface area contributed by atoms with Crippen molar-refractivity contribution >= 4 is 0 Å². The van der Waals surface area contributed by atoms with E-state index in [2.05, 4.69) is 83.1 Å². The van der Waals surface area contributed by atoms with Gasteiger partial charge in [-0.1, -0.05) is 95.9 Å². The zero-order valence-corrected chi connectivity index (χ0v) is 25.4. The minimum atomic E-state index is 0.603. The van der Waals surface area contributed by atoms with Crippen molar-refractivity contribution in [3.05, 3.63) is 0 Å². The van der Waals surface area contributed by atoms with Crippen LogP contribution in [-0.4, -0.2) is 0 Å². The van der Waals surface area contributed by atoms with Crippen LogP contribution in [0.2, 0.25) is 0 Å². The van der Waals surface area contributed by atoms with Crippen LogP contribution >= 0.6 is 0 Å². The quantitative estimate of drug-likeness (QED) is 0.391. The number of hydrogen-bond donors (Lipinski definition) is 0. The molecular weight excluding hydrogens is 396 g/mol. The highest BCUT2D eigenvalue weighted by molar-refractivity contribution is 4.84. The fraction of sp³-hybridized carbons (Fsp3) is 1.00. The molecule has 3 saturated carbocycles. The van der Waals surface area contributed by atoms with Gasteiger partial charge < -0.3 is 0 Å². The lowest BCUT2D eigenvalue weighted by atomic mass is 9.64. The van der Waals surface area contributed by atoms with Crippen molar-refractivity contribution in [2.75, 3.05) is 0 Å². The third-order valence-electron chi connectivity index (χ3n) is 10.4. The highest BCUT2D eigenvalue weighted by atomic mass is 14.4. The summed E-state index contributed by atoms with van der Waals surface area (Å²) in [5, 5.41) is 0. The first kappa shape index (κ1) is 31.0. The van der Waals surface area contributed by atoms with Crippen LogP contribution in [0.3, 0.4) is 0 Å². The van der Waals surface area contributed by atoms with Gasteiger partial charge in [-0.3, -0.25) is 0 Å². The lowest BCUT2D eigenvalue weighted by molar-refractivity contribution is 0.0913. The summed E-state index contributed by atoms with van der Waals surface area (Å²) in [6, 6.07) is 0. The molecule has 0 radical (unpaired) electrons.